The zero-order valence-electron chi connectivity index (χ0n) is 12.2. The predicted octanol–water partition coefficient (Wildman–Crippen LogP) is 3.13. The molecule has 1 aromatic heterocycles. The molecule has 20 heavy (non-hydrogen) atoms. The van der Waals surface area contributed by atoms with Gasteiger partial charge in [-0.25, -0.2) is 4.79 Å². The van der Waals surface area contributed by atoms with Gasteiger partial charge in [0, 0.05) is 4.88 Å². The molecule has 110 valence electrons. The zero-order valence-corrected chi connectivity index (χ0v) is 13.0. The lowest BCUT2D eigenvalue weighted by Gasteiger charge is -2.36. The number of thiophene rings is 1. The van der Waals surface area contributed by atoms with Crippen LogP contribution in [0.1, 0.15) is 52.7 Å². The fraction of sp³-hybridized carbons (Fsp3) is 0.600. The molecule has 0 saturated heterocycles. The molecule has 0 spiro atoms. The van der Waals surface area contributed by atoms with Crippen LogP contribution in [0, 0.1) is 19.8 Å². The van der Waals surface area contributed by atoms with Crippen molar-refractivity contribution in [2.45, 2.75) is 52.0 Å². The van der Waals surface area contributed by atoms with Crippen molar-refractivity contribution >= 4 is 23.2 Å². The highest BCUT2D eigenvalue weighted by Gasteiger charge is 2.43. The van der Waals surface area contributed by atoms with E-state index in [9.17, 15) is 14.7 Å². The molecule has 1 fully saturated rings. The Balaban J connectivity index is 2.20. The highest BCUT2D eigenvalue weighted by molar-refractivity contribution is 7.14. The van der Waals surface area contributed by atoms with Gasteiger partial charge in [0.05, 0.1) is 4.88 Å². The van der Waals surface area contributed by atoms with Crippen molar-refractivity contribution in [1.29, 1.82) is 0 Å². The van der Waals surface area contributed by atoms with Crippen molar-refractivity contribution in [2.75, 3.05) is 0 Å². The Morgan fingerprint density at radius 2 is 2.15 bits per heavy atom. The lowest BCUT2D eigenvalue weighted by Crippen LogP contribution is -2.56. The molecule has 2 rings (SSSR count). The van der Waals surface area contributed by atoms with Gasteiger partial charge in [0.1, 0.15) is 5.54 Å². The third-order valence-electron chi connectivity index (χ3n) is 4.15. The number of aliphatic carboxylic acids is 1. The smallest absolute Gasteiger partial charge is 0.329 e. The molecule has 1 heterocycles. The first-order chi connectivity index (χ1) is 9.34. The molecule has 1 saturated carbocycles. The lowest BCUT2D eigenvalue weighted by atomic mass is 9.76. The average Bonchev–Trinajstić information content (AvgIpc) is 2.69. The van der Waals surface area contributed by atoms with Crippen molar-refractivity contribution in [3.8, 4) is 0 Å². The number of hydrogen-bond donors (Lipinski definition) is 2. The molecule has 2 atom stereocenters. The van der Waals surface area contributed by atoms with Gasteiger partial charge in [0.25, 0.3) is 5.91 Å². The lowest BCUT2D eigenvalue weighted by molar-refractivity contribution is -0.146. The Labute approximate surface area is 123 Å². The molecule has 1 amide bonds. The van der Waals surface area contributed by atoms with Crippen molar-refractivity contribution in [1.82, 2.24) is 5.32 Å². The van der Waals surface area contributed by atoms with E-state index in [1.165, 1.54) is 11.3 Å². The predicted molar refractivity (Wildman–Crippen MR) is 79.3 cm³/mol. The molecule has 2 unspecified atom stereocenters. The van der Waals surface area contributed by atoms with E-state index in [1.807, 2.05) is 26.8 Å². The highest BCUT2D eigenvalue weighted by atomic mass is 32.1. The second-order valence-corrected chi connectivity index (χ2v) is 7.15. The monoisotopic (exact) mass is 295 g/mol. The van der Waals surface area contributed by atoms with Crippen LogP contribution in [-0.2, 0) is 4.79 Å². The van der Waals surface area contributed by atoms with Crippen molar-refractivity contribution in [3.63, 3.8) is 0 Å². The van der Waals surface area contributed by atoms with Crippen molar-refractivity contribution in [3.05, 3.63) is 21.4 Å². The Bertz CT molecular complexity index is 518. The second kappa shape index (κ2) is 5.56. The molecule has 1 aliphatic rings. The Morgan fingerprint density at radius 1 is 1.45 bits per heavy atom. The first-order valence-corrected chi connectivity index (χ1v) is 7.78. The first-order valence-electron chi connectivity index (χ1n) is 6.97. The first kappa shape index (κ1) is 15.0. The minimum Gasteiger partial charge on any atom is -0.480 e. The maximum Gasteiger partial charge on any atom is 0.329 e. The summed E-state index contributed by atoms with van der Waals surface area (Å²) in [6, 6.07) is 1.83. The summed E-state index contributed by atoms with van der Waals surface area (Å²) < 4.78 is 0. The Hall–Kier alpha value is -1.36. The number of carboxylic acid groups (broad SMARTS) is 1. The average molecular weight is 295 g/mol. The maximum atomic E-state index is 12.3. The van der Waals surface area contributed by atoms with E-state index in [0.29, 0.717) is 23.6 Å². The number of carbonyl (C=O) groups is 2. The normalized spacial score (nSPS) is 26.2. The Kier molecular flexibility index (Phi) is 4.18. The maximum absolute atomic E-state index is 12.3. The van der Waals surface area contributed by atoms with Crippen LogP contribution >= 0.6 is 11.3 Å². The van der Waals surface area contributed by atoms with E-state index in [2.05, 4.69) is 5.32 Å². The van der Waals surface area contributed by atoms with Crippen LogP contribution in [-0.4, -0.2) is 22.5 Å². The van der Waals surface area contributed by atoms with Crippen LogP contribution in [0.5, 0.6) is 0 Å². The van der Waals surface area contributed by atoms with Gasteiger partial charge in [-0.3, -0.25) is 4.79 Å². The van der Waals surface area contributed by atoms with Crippen LogP contribution in [0.2, 0.25) is 0 Å². The second-order valence-electron chi connectivity index (χ2n) is 5.89. The van der Waals surface area contributed by atoms with Gasteiger partial charge in [0.2, 0.25) is 0 Å². The molecule has 0 bridgehead atoms. The summed E-state index contributed by atoms with van der Waals surface area (Å²) in [5, 5.41) is 12.3. The van der Waals surface area contributed by atoms with Gasteiger partial charge in [-0.15, -0.1) is 11.3 Å². The van der Waals surface area contributed by atoms with Crippen LogP contribution in [0.15, 0.2) is 6.07 Å². The molecule has 0 radical (unpaired) electrons. The summed E-state index contributed by atoms with van der Waals surface area (Å²) in [5.41, 5.74) is -0.0258. The number of hydrogen-bond acceptors (Lipinski definition) is 3. The van der Waals surface area contributed by atoms with Gasteiger partial charge in [-0.2, -0.15) is 0 Å². The number of rotatable bonds is 3. The Morgan fingerprint density at radius 3 is 2.65 bits per heavy atom. The molecule has 5 heteroatoms. The molecule has 4 nitrogen and oxygen atoms in total. The molecular formula is C15H21NO3S. The van der Waals surface area contributed by atoms with Crippen LogP contribution in [0.4, 0.5) is 0 Å². The summed E-state index contributed by atoms with van der Waals surface area (Å²) >= 11 is 1.42. The third kappa shape index (κ3) is 2.87. The summed E-state index contributed by atoms with van der Waals surface area (Å²) in [6.45, 7) is 5.97. The zero-order chi connectivity index (χ0) is 14.9. The highest BCUT2D eigenvalue weighted by Crippen LogP contribution is 2.33. The quantitative estimate of drug-likeness (QED) is 0.900. The van der Waals surface area contributed by atoms with Gasteiger partial charge in [-0.05, 0) is 44.2 Å². The fourth-order valence-corrected chi connectivity index (χ4v) is 3.81. The summed E-state index contributed by atoms with van der Waals surface area (Å²) in [6.07, 6.45) is 2.90. The van der Waals surface area contributed by atoms with Crippen LogP contribution in [0.3, 0.4) is 0 Å². The number of carboxylic acids is 1. The minimum absolute atomic E-state index is 0.261. The SMILES string of the molecule is Cc1cc(C(=O)NC2(C(=O)O)CCCC(C)C2)sc1C. The van der Waals surface area contributed by atoms with Crippen molar-refractivity contribution in [2.24, 2.45) is 5.92 Å². The molecule has 1 aliphatic carbocycles. The van der Waals surface area contributed by atoms with E-state index in [-0.39, 0.29) is 5.91 Å². The van der Waals surface area contributed by atoms with E-state index in [4.69, 9.17) is 0 Å². The standard InChI is InChI=1S/C15H21NO3S/c1-9-5-4-6-15(8-9,14(18)19)16-13(17)12-7-10(2)11(3)20-12/h7,9H,4-6,8H2,1-3H3,(H,16,17)(H,18,19). The van der Waals surface area contributed by atoms with Crippen molar-refractivity contribution < 1.29 is 14.7 Å². The van der Waals surface area contributed by atoms with Crippen LogP contribution in [0.25, 0.3) is 0 Å². The number of amides is 1. The molecular weight excluding hydrogens is 274 g/mol. The van der Waals surface area contributed by atoms with E-state index < -0.39 is 11.5 Å². The van der Waals surface area contributed by atoms with Gasteiger partial charge >= 0.3 is 5.97 Å². The van der Waals surface area contributed by atoms with Gasteiger partial charge < -0.3 is 10.4 Å². The van der Waals surface area contributed by atoms with Gasteiger partial charge in [0.15, 0.2) is 0 Å². The molecule has 0 aromatic carbocycles. The third-order valence-corrected chi connectivity index (χ3v) is 5.30. The van der Waals surface area contributed by atoms with Crippen LogP contribution < -0.4 is 5.32 Å². The van der Waals surface area contributed by atoms with E-state index in [0.717, 1.165) is 23.3 Å². The summed E-state index contributed by atoms with van der Waals surface area (Å²) in [7, 11) is 0. The minimum atomic E-state index is -1.10. The molecule has 0 aliphatic heterocycles. The van der Waals surface area contributed by atoms with Gasteiger partial charge in [-0.1, -0.05) is 19.8 Å². The molecule has 1 aromatic rings. The topological polar surface area (TPSA) is 66.4 Å². The summed E-state index contributed by atoms with van der Waals surface area (Å²) in [4.78, 5) is 25.7. The largest absolute Gasteiger partial charge is 0.480 e. The van der Waals surface area contributed by atoms with E-state index >= 15 is 0 Å². The number of aryl methyl sites for hydroxylation is 2. The summed E-state index contributed by atoms with van der Waals surface area (Å²) in [5.74, 6) is -0.850. The molecule has 2 N–H and O–H groups in total. The number of nitrogens with one attached hydrogen (secondary N) is 1. The van der Waals surface area contributed by atoms with E-state index in [1.54, 1.807) is 0 Å². The number of carbonyl (C=O) groups excluding carboxylic acids is 1. The fourth-order valence-electron chi connectivity index (χ4n) is 2.88.